The van der Waals surface area contributed by atoms with E-state index in [1.165, 1.54) is 0 Å². The van der Waals surface area contributed by atoms with E-state index in [9.17, 15) is 30.6 Å². The quantitative estimate of drug-likeness (QED) is 0.0943. The van der Waals surface area contributed by atoms with Gasteiger partial charge in [-0.1, -0.05) is 0 Å². The Kier molecular flexibility index (Phi) is 9.89. The van der Waals surface area contributed by atoms with E-state index in [0.29, 0.717) is 0 Å². The molecule has 2 saturated heterocycles. The van der Waals surface area contributed by atoms with Crippen LogP contribution in [0.2, 0.25) is 0 Å². The van der Waals surface area contributed by atoms with Gasteiger partial charge in [0.25, 0.3) is 5.17 Å². The summed E-state index contributed by atoms with van der Waals surface area (Å²) in [7, 11) is 0. The van der Waals surface area contributed by atoms with Gasteiger partial charge in [0, 0.05) is 6.54 Å². The minimum atomic E-state index is -1.75. The fourth-order valence-electron chi connectivity index (χ4n) is 2.94. The average Bonchev–Trinajstić information content (AvgIpc) is 2.77. The first-order valence-corrected chi connectivity index (χ1v) is 9.85. The van der Waals surface area contributed by atoms with Crippen molar-refractivity contribution in [3.63, 3.8) is 0 Å². The Morgan fingerprint density at radius 2 is 1.29 bits per heavy atom. The van der Waals surface area contributed by atoms with Crippen molar-refractivity contribution in [2.24, 2.45) is 11.7 Å². The highest BCUT2D eigenvalue weighted by atomic mass is 32.1. The van der Waals surface area contributed by atoms with Crippen LogP contribution in [0.1, 0.15) is 0 Å². The summed E-state index contributed by atoms with van der Waals surface area (Å²) < 4.78 is 21.3. The van der Waals surface area contributed by atoms with Gasteiger partial charge in [-0.05, 0) is 24.4 Å². The fourth-order valence-corrected chi connectivity index (χ4v) is 3.09. The molecule has 15 nitrogen and oxygen atoms in total. The standard InChI is InChI=1S/C14H27N5O10S2/c15-18-13(30)17-1-3-5(20)7(22)9(24)11(27-3)29-12-10(25)8(23)6(21)4(28-12)2-26-14(31)19-16/h3-12,20-25H,1-2,15-16H2,(H,19,31)(H2,17,18,30)/t3?,4?,5-,6-,7?,8?,9?,10?,11-,12-/m1/s1. The van der Waals surface area contributed by atoms with Crippen LogP contribution in [0.4, 0.5) is 0 Å². The molecular weight excluding hydrogens is 462 g/mol. The number of nitrogens with one attached hydrogen (secondary N) is 3. The van der Waals surface area contributed by atoms with Crippen molar-refractivity contribution < 1.29 is 49.6 Å². The first kappa shape index (κ1) is 26.2. The normalized spacial score (nSPS) is 40.6. The Labute approximate surface area is 187 Å². The third-order valence-corrected chi connectivity index (χ3v) is 5.19. The van der Waals surface area contributed by atoms with Gasteiger partial charge in [-0.25, -0.2) is 11.7 Å². The molecule has 2 aliphatic rings. The van der Waals surface area contributed by atoms with Crippen LogP contribution < -0.4 is 27.9 Å². The largest absolute Gasteiger partial charge is 0.467 e. The highest BCUT2D eigenvalue weighted by Crippen LogP contribution is 2.28. The topological polar surface area (TPSA) is 246 Å². The Morgan fingerprint density at radius 3 is 1.81 bits per heavy atom. The van der Waals surface area contributed by atoms with E-state index in [4.69, 9.17) is 55.1 Å². The molecule has 2 heterocycles. The molecule has 17 heteroatoms. The SMILES string of the molecule is NNC(=S)NCC1O[C@H](O[C@H]2OC(COC(=S)NN)[C@@H](O)C(O)C2O)C(O)C(O)[C@@H]1O. The van der Waals surface area contributed by atoms with Gasteiger partial charge in [0.05, 0.1) is 0 Å². The van der Waals surface area contributed by atoms with Crippen molar-refractivity contribution in [1.29, 1.82) is 0 Å². The van der Waals surface area contributed by atoms with Crippen molar-refractivity contribution in [3.05, 3.63) is 0 Å². The zero-order chi connectivity index (χ0) is 23.3. The van der Waals surface area contributed by atoms with Crippen LogP contribution in [0.25, 0.3) is 0 Å². The zero-order valence-corrected chi connectivity index (χ0v) is 17.6. The van der Waals surface area contributed by atoms with Crippen molar-refractivity contribution in [2.45, 2.75) is 61.4 Å². The summed E-state index contributed by atoms with van der Waals surface area (Å²) in [6.07, 6.45) is -15.5. The van der Waals surface area contributed by atoms with Crippen LogP contribution >= 0.6 is 24.4 Å². The first-order chi connectivity index (χ1) is 14.6. The number of thiocarbonyl (C=S) groups is 2. The zero-order valence-electron chi connectivity index (χ0n) is 16.0. The summed E-state index contributed by atoms with van der Waals surface area (Å²) >= 11 is 9.52. The summed E-state index contributed by atoms with van der Waals surface area (Å²) in [5.74, 6) is 10.2. The van der Waals surface area contributed by atoms with E-state index in [-0.39, 0.29) is 23.4 Å². The third-order valence-electron chi connectivity index (χ3n) is 4.70. The summed E-state index contributed by atoms with van der Waals surface area (Å²) in [6.45, 7) is -0.484. The summed E-state index contributed by atoms with van der Waals surface area (Å²) in [5, 5.41) is 63.2. The van der Waals surface area contributed by atoms with Crippen LogP contribution in [-0.4, -0.2) is 115 Å². The molecule has 0 aromatic rings. The predicted octanol–water partition coefficient (Wildman–Crippen LogP) is -6.28. The number of hydrogen-bond donors (Lipinski definition) is 11. The van der Waals surface area contributed by atoms with Gasteiger partial charge in [0.15, 0.2) is 17.7 Å². The molecule has 2 aliphatic heterocycles. The second-order valence-corrected chi connectivity index (χ2v) is 7.54. The number of aliphatic hydroxyl groups excluding tert-OH is 6. The molecule has 31 heavy (non-hydrogen) atoms. The van der Waals surface area contributed by atoms with Gasteiger partial charge >= 0.3 is 0 Å². The van der Waals surface area contributed by atoms with Gasteiger partial charge in [0.1, 0.15) is 55.4 Å². The minimum absolute atomic E-state index is 0.0322. The minimum Gasteiger partial charge on any atom is -0.467 e. The van der Waals surface area contributed by atoms with Gasteiger partial charge in [-0.15, -0.1) is 0 Å². The first-order valence-electron chi connectivity index (χ1n) is 9.03. The molecule has 0 aliphatic carbocycles. The highest BCUT2D eigenvalue weighted by molar-refractivity contribution is 7.80. The van der Waals surface area contributed by atoms with Crippen LogP contribution in [0.3, 0.4) is 0 Å². The fraction of sp³-hybridized carbons (Fsp3) is 0.857. The van der Waals surface area contributed by atoms with E-state index in [1.807, 2.05) is 0 Å². The Balaban J connectivity index is 2.06. The molecule has 0 radical (unpaired) electrons. The third kappa shape index (κ3) is 6.48. The molecule has 180 valence electrons. The lowest BCUT2D eigenvalue weighted by molar-refractivity contribution is -0.374. The molecule has 0 aromatic heterocycles. The molecule has 0 saturated carbocycles. The van der Waals surface area contributed by atoms with Crippen LogP contribution in [-0.2, 0) is 18.9 Å². The molecule has 2 rings (SSSR count). The Hall–Kier alpha value is -1.06. The van der Waals surface area contributed by atoms with Crippen molar-refractivity contribution in [2.75, 3.05) is 13.2 Å². The number of ether oxygens (including phenoxy) is 4. The molecule has 10 atom stereocenters. The maximum Gasteiger partial charge on any atom is 0.271 e. The number of hydrazine groups is 2. The maximum atomic E-state index is 10.2. The molecule has 0 aromatic carbocycles. The summed E-state index contributed by atoms with van der Waals surface area (Å²) in [6, 6.07) is 0. The predicted molar refractivity (Wildman–Crippen MR) is 108 cm³/mol. The molecule has 0 spiro atoms. The summed E-state index contributed by atoms with van der Waals surface area (Å²) in [5.41, 5.74) is 4.22. The Morgan fingerprint density at radius 1 is 0.774 bits per heavy atom. The van der Waals surface area contributed by atoms with Gasteiger partial charge in [-0.2, -0.15) is 0 Å². The van der Waals surface area contributed by atoms with Gasteiger partial charge in [-0.3, -0.25) is 5.43 Å². The number of hydrogen-bond acceptors (Lipinski definition) is 14. The van der Waals surface area contributed by atoms with E-state index in [2.05, 4.69) is 16.2 Å². The van der Waals surface area contributed by atoms with Crippen molar-refractivity contribution >= 4 is 34.7 Å². The lowest BCUT2D eigenvalue weighted by atomic mass is 9.98. The smallest absolute Gasteiger partial charge is 0.271 e. The summed E-state index contributed by atoms with van der Waals surface area (Å²) in [4.78, 5) is 0. The van der Waals surface area contributed by atoms with E-state index in [0.717, 1.165) is 0 Å². The van der Waals surface area contributed by atoms with Crippen LogP contribution in [0.15, 0.2) is 0 Å². The maximum absolute atomic E-state index is 10.2. The lowest BCUT2D eigenvalue weighted by Gasteiger charge is -2.45. The van der Waals surface area contributed by atoms with E-state index >= 15 is 0 Å². The Bertz CT molecular complexity index is 574. The van der Waals surface area contributed by atoms with Crippen molar-refractivity contribution in [1.82, 2.24) is 16.2 Å². The average molecular weight is 490 g/mol. The van der Waals surface area contributed by atoms with E-state index in [1.54, 1.807) is 0 Å². The van der Waals surface area contributed by atoms with Crippen LogP contribution in [0, 0.1) is 0 Å². The molecule has 2 fully saturated rings. The molecule has 13 N–H and O–H groups in total. The number of aliphatic hydroxyl groups is 6. The number of rotatable bonds is 6. The highest BCUT2D eigenvalue weighted by Gasteiger charge is 2.49. The monoisotopic (exact) mass is 489 g/mol. The van der Waals surface area contributed by atoms with Crippen LogP contribution in [0.5, 0.6) is 0 Å². The molecule has 0 amide bonds. The van der Waals surface area contributed by atoms with Gasteiger partial charge in [0.2, 0.25) is 0 Å². The van der Waals surface area contributed by atoms with Crippen molar-refractivity contribution in [3.8, 4) is 0 Å². The number of nitrogens with two attached hydrogens (primary N) is 2. The van der Waals surface area contributed by atoms with E-state index < -0.39 is 61.4 Å². The second-order valence-electron chi connectivity index (χ2n) is 6.76. The van der Waals surface area contributed by atoms with Gasteiger partial charge < -0.3 is 60.3 Å². The molecule has 6 unspecified atom stereocenters. The molecule has 0 bridgehead atoms. The molecular formula is C14H27N5O10S2. The second kappa shape index (κ2) is 11.7. The lowest BCUT2D eigenvalue weighted by Crippen LogP contribution is -2.64.